The summed E-state index contributed by atoms with van der Waals surface area (Å²) in [5, 5.41) is 15.4. The quantitative estimate of drug-likeness (QED) is 0.861. The molecule has 0 radical (unpaired) electrons. The first-order valence-corrected chi connectivity index (χ1v) is 5.94. The van der Waals surface area contributed by atoms with Crippen molar-refractivity contribution in [2.75, 3.05) is 6.61 Å². The predicted octanol–water partition coefficient (Wildman–Crippen LogP) is 2.17. The molecule has 0 aliphatic carbocycles. The topological polar surface area (TPSA) is 38.0 Å². The molecule has 2 rings (SSSR count). The maximum absolute atomic E-state index is 8.92. The van der Waals surface area contributed by atoms with Crippen molar-refractivity contribution >= 4 is 11.3 Å². The third kappa shape index (κ3) is 2.11. The van der Waals surface area contributed by atoms with Gasteiger partial charge in [0, 0.05) is 5.69 Å². The first-order valence-electron chi connectivity index (χ1n) is 5.06. The van der Waals surface area contributed by atoms with E-state index in [0.29, 0.717) is 6.54 Å². The molecule has 0 bridgehead atoms. The van der Waals surface area contributed by atoms with Crippen LogP contribution in [0.2, 0.25) is 0 Å². The summed E-state index contributed by atoms with van der Waals surface area (Å²) >= 11 is 1.69. The van der Waals surface area contributed by atoms with Gasteiger partial charge >= 0.3 is 0 Å². The molecule has 0 aromatic carbocycles. The number of nitrogens with zero attached hydrogens (tertiary/aromatic N) is 2. The fourth-order valence-electron chi connectivity index (χ4n) is 1.57. The molecular weight excluding hydrogens is 208 g/mol. The molecule has 4 heteroatoms. The summed E-state index contributed by atoms with van der Waals surface area (Å²) in [6.45, 7) is 2.82. The first-order chi connectivity index (χ1) is 7.35. The first kappa shape index (κ1) is 10.4. The van der Waals surface area contributed by atoms with E-state index in [4.69, 9.17) is 5.11 Å². The summed E-state index contributed by atoms with van der Waals surface area (Å²) in [5.74, 6) is 0. The van der Waals surface area contributed by atoms with Crippen molar-refractivity contribution < 1.29 is 5.11 Å². The van der Waals surface area contributed by atoms with Crippen LogP contribution in [-0.4, -0.2) is 21.5 Å². The molecule has 0 fully saturated rings. The second-order valence-corrected chi connectivity index (χ2v) is 4.25. The molecule has 0 aliphatic heterocycles. The van der Waals surface area contributed by atoms with Crippen molar-refractivity contribution in [3.05, 3.63) is 29.3 Å². The van der Waals surface area contributed by atoms with Crippen LogP contribution in [0, 0.1) is 0 Å². The lowest BCUT2D eigenvalue weighted by Gasteiger charge is -2.01. The van der Waals surface area contributed by atoms with Gasteiger partial charge in [-0.05, 0) is 23.9 Å². The lowest BCUT2D eigenvalue weighted by atomic mass is 10.3. The Balaban J connectivity index is 2.34. The molecule has 2 aromatic rings. The van der Waals surface area contributed by atoms with Gasteiger partial charge in [0.2, 0.25) is 0 Å². The molecule has 15 heavy (non-hydrogen) atoms. The van der Waals surface area contributed by atoms with Gasteiger partial charge in [-0.25, -0.2) is 0 Å². The Morgan fingerprint density at radius 3 is 3.00 bits per heavy atom. The number of aromatic nitrogens is 2. The van der Waals surface area contributed by atoms with Gasteiger partial charge in [0.25, 0.3) is 0 Å². The predicted molar refractivity (Wildman–Crippen MR) is 62.0 cm³/mol. The molecule has 0 aliphatic rings. The zero-order chi connectivity index (χ0) is 10.7. The Bertz CT molecular complexity index is 420. The minimum atomic E-state index is 0.137. The van der Waals surface area contributed by atoms with Gasteiger partial charge in [0.05, 0.1) is 18.0 Å². The highest BCUT2D eigenvalue weighted by Gasteiger charge is 2.08. The highest BCUT2D eigenvalue weighted by molar-refractivity contribution is 7.13. The zero-order valence-corrected chi connectivity index (χ0v) is 9.50. The van der Waals surface area contributed by atoms with Crippen LogP contribution < -0.4 is 0 Å². The molecule has 0 atom stereocenters. The van der Waals surface area contributed by atoms with Gasteiger partial charge < -0.3 is 5.11 Å². The maximum atomic E-state index is 8.92. The van der Waals surface area contributed by atoms with Crippen molar-refractivity contribution in [1.82, 2.24) is 9.78 Å². The lowest BCUT2D eigenvalue weighted by molar-refractivity contribution is 0.267. The monoisotopic (exact) mass is 222 g/mol. The number of thiophene rings is 1. The number of rotatable bonds is 4. The smallest absolute Gasteiger partial charge is 0.103 e. The molecule has 0 spiro atoms. The van der Waals surface area contributed by atoms with Crippen LogP contribution in [0.4, 0.5) is 0 Å². The van der Waals surface area contributed by atoms with Crippen molar-refractivity contribution in [1.29, 1.82) is 0 Å². The van der Waals surface area contributed by atoms with E-state index in [2.05, 4.69) is 24.2 Å². The van der Waals surface area contributed by atoms with Gasteiger partial charge in [-0.2, -0.15) is 5.10 Å². The Kier molecular flexibility index (Phi) is 3.18. The van der Waals surface area contributed by atoms with E-state index >= 15 is 0 Å². The minimum Gasteiger partial charge on any atom is -0.394 e. The van der Waals surface area contributed by atoms with E-state index in [1.807, 2.05) is 16.1 Å². The van der Waals surface area contributed by atoms with E-state index in [9.17, 15) is 0 Å². The van der Waals surface area contributed by atoms with Gasteiger partial charge in [0.1, 0.15) is 5.69 Å². The summed E-state index contributed by atoms with van der Waals surface area (Å²) < 4.78 is 1.88. The molecule has 0 unspecified atom stereocenters. The van der Waals surface area contributed by atoms with Crippen LogP contribution in [0.15, 0.2) is 23.6 Å². The number of aliphatic hydroxyl groups is 1. The Labute approximate surface area is 93.0 Å². The number of aliphatic hydroxyl groups excluding tert-OH is 1. The third-order valence-corrected chi connectivity index (χ3v) is 3.20. The summed E-state index contributed by atoms with van der Waals surface area (Å²) in [5.41, 5.74) is 2.18. The average molecular weight is 222 g/mol. The van der Waals surface area contributed by atoms with Crippen LogP contribution in [0.25, 0.3) is 10.6 Å². The van der Waals surface area contributed by atoms with Crippen LogP contribution in [0.3, 0.4) is 0 Å². The van der Waals surface area contributed by atoms with E-state index in [1.165, 1.54) is 10.6 Å². The van der Waals surface area contributed by atoms with Crippen LogP contribution in [-0.2, 0) is 13.0 Å². The van der Waals surface area contributed by atoms with Crippen molar-refractivity contribution in [2.24, 2.45) is 0 Å². The van der Waals surface area contributed by atoms with Crippen LogP contribution in [0.5, 0.6) is 0 Å². The molecule has 3 nitrogen and oxygen atoms in total. The molecule has 0 saturated heterocycles. The summed E-state index contributed by atoms with van der Waals surface area (Å²) in [7, 11) is 0. The molecule has 0 amide bonds. The fourth-order valence-corrected chi connectivity index (χ4v) is 2.25. The summed E-state index contributed by atoms with van der Waals surface area (Å²) in [4.78, 5) is 1.18. The number of hydrogen-bond acceptors (Lipinski definition) is 3. The fraction of sp³-hybridized carbons (Fsp3) is 0.364. The molecule has 2 aromatic heterocycles. The third-order valence-electron chi connectivity index (χ3n) is 2.31. The largest absolute Gasteiger partial charge is 0.394 e. The Morgan fingerprint density at radius 2 is 2.40 bits per heavy atom. The van der Waals surface area contributed by atoms with E-state index in [1.54, 1.807) is 11.3 Å². The van der Waals surface area contributed by atoms with E-state index < -0.39 is 0 Å². The van der Waals surface area contributed by atoms with Crippen molar-refractivity contribution in [3.8, 4) is 10.6 Å². The summed E-state index contributed by atoms with van der Waals surface area (Å²) in [6, 6.07) is 6.19. The molecule has 80 valence electrons. The van der Waals surface area contributed by atoms with E-state index in [0.717, 1.165) is 12.1 Å². The Hall–Kier alpha value is -1.13. The molecule has 2 heterocycles. The van der Waals surface area contributed by atoms with Crippen molar-refractivity contribution in [3.63, 3.8) is 0 Å². The molecular formula is C11H14N2OS. The second-order valence-electron chi connectivity index (χ2n) is 3.30. The van der Waals surface area contributed by atoms with E-state index in [-0.39, 0.29) is 6.61 Å². The lowest BCUT2D eigenvalue weighted by Crippen LogP contribution is -2.07. The second kappa shape index (κ2) is 4.59. The SMILES string of the molecule is CCc1cc(-c2cccs2)nn1CCO. The maximum Gasteiger partial charge on any atom is 0.103 e. The molecule has 0 saturated carbocycles. The minimum absolute atomic E-state index is 0.137. The van der Waals surface area contributed by atoms with Gasteiger partial charge in [0.15, 0.2) is 0 Å². The van der Waals surface area contributed by atoms with Crippen LogP contribution in [0.1, 0.15) is 12.6 Å². The Morgan fingerprint density at radius 1 is 1.53 bits per heavy atom. The highest BCUT2D eigenvalue weighted by Crippen LogP contribution is 2.24. The summed E-state index contributed by atoms with van der Waals surface area (Å²) in [6.07, 6.45) is 0.943. The van der Waals surface area contributed by atoms with Gasteiger partial charge in [-0.3, -0.25) is 4.68 Å². The average Bonchev–Trinajstić information content (AvgIpc) is 2.84. The number of hydrogen-bond donors (Lipinski definition) is 1. The zero-order valence-electron chi connectivity index (χ0n) is 8.68. The normalized spacial score (nSPS) is 10.8. The van der Waals surface area contributed by atoms with Gasteiger partial charge in [-0.1, -0.05) is 13.0 Å². The van der Waals surface area contributed by atoms with Crippen LogP contribution >= 0.6 is 11.3 Å². The number of aryl methyl sites for hydroxylation is 1. The molecule has 1 N–H and O–H groups in total. The standard InChI is InChI=1S/C11H14N2OS/c1-2-9-8-10(11-4-3-7-15-11)12-13(9)5-6-14/h3-4,7-8,14H,2,5-6H2,1H3. The highest BCUT2D eigenvalue weighted by atomic mass is 32.1. The van der Waals surface area contributed by atoms with Gasteiger partial charge in [-0.15, -0.1) is 11.3 Å². The van der Waals surface area contributed by atoms with Crippen molar-refractivity contribution in [2.45, 2.75) is 19.9 Å².